The van der Waals surface area contributed by atoms with E-state index in [-0.39, 0.29) is 23.7 Å². The predicted octanol–water partition coefficient (Wildman–Crippen LogP) is 3.75. The van der Waals surface area contributed by atoms with Crippen molar-refractivity contribution in [2.24, 2.45) is 0 Å². The molecule has 1 aromatic rings. The fraction of sp³-hybridized carbons (Fsp3) is 0.600. The first-order valence-electron chi connectivity index (χ1n) is 6.89. The zero-order valence-corrected chi connectivity index (χ0v) is 12.8. The second-order valence-corrected chi connectivity index (χ2v) is 6.22. The first-order valence-corrected chi connectivity index (χ1v) is 7.77. The highest BCUT2D eigenvalue weighted by Crippen LogP contribution is 2.33. The Morgan fingerprint density at radius 2 is 2.11 bits per heavy atom. The molecule has 0 heterocycles. The van der Waals surface area contributed by atoms with Crippen LogP contribution in [0.1, 0.15) is 45.2 Å². The summed E-state index contributed by atoms with van der Waals surface area (Å²) in [5, 5.41) is 12.6. The molecule has 0 spiro atoms. The van der Waals surface area contributed by atoms with Crippen LogP contribution in [-0.4, -0.2) is 23.5 Å². The highest BCUT2D eigenvalue weighted by molar-refractivity contribution is 8.00. The van der Waals surface area contributed by atoms with E-state index < -0.39 is 0 Å². The van der Waals surface area contributed by atoms with Crippen molar-refractivity contribution in [1.29, 1.82) is 0 Å². The van der Waals surface area contributed by atoms with Gasteiger partial charge in [-0.3, -0.25) is 0 Å². The molecule has 0 saturated heterocycles. The second kappa shape index (κ2) is 8.56. The number of nitrogens with one attached hydrogen (secondary N) is 1. The SMILES string of the molecule is CCCNC(C)c1cccc(F)c1SC(C)CCO. The summed E-state index contributed by atoms with van der Waals surface area (Å²) in [6.45, 7) is 7.26. The standard InChI is InChI=1S/C15H24FNOS/c1-4-9-17-12(3)13-6-5-7-14(16)15(13)19-11(2)8-10-18/h5-7,11-12,17-18H,4,8-10H2,1-3H3. The number of aliphatic hydroxyl groups excluding tert-OH is 1. The van der Waals surface area contributed by atoms with Crippen LogP contribution in [0, 0.1) is 5.82 Å². The zero-order valence-electron chi connectivity index (χ0n) is 11.9. The van der Waals surface area contributed by atoms with Gasteiger partial charge in [0.25, 0.3) is 0 Å². The van der Waals surface area contributed by atoms with Gasteiger partial charge in [-0.2, -0.15) is 0 Å². The first kappa shape index (κ1) is 16.5. The van der Waals surface area contributed by atoms with Crippen LogP contribution < -0.4 is 5.32 Å². The Hall–Kier alpha value is -0.580. The smallest absolute Gasteiger partial charge is 0.137 e. The van der Waals surface area contributed by atoms with Gasteiger partial charge in [0.2, 0.25) is 0 Å². The van der Waals surface area contributed by atoms with E-state index >= 15 is 0 Å². The number of benzene rings is 1. The number of thioether (sulfide) groups is 1. The lowest BCUT2D eigenvalue weighted by molar-refractivity contribution is 0.289. The minimum absolute atomic E-state index is 0.138. The van der Waals surface area contributed by atoms with Gasteiger partial charge < -0.3 is 10.4 Å². The van der Waals surface area contributed by atoms with E-state index in [1.807, 2.05) is 13.0 Å². The summed E-state index contributed by atoms with van der Waals surface area (Å²) in [7, 11) is 0. The molecule has 0 saturated carbocycles. The normalized spacial score (nSPS) is 14.4. The van der Waals surface area contributed by atoms with Crippen LogP contribution in [0.5, 0.6) is 0 Å². The van der Waals surface area contributed by atoms with Crippen molar-refractivity contribution in [3.05, 3.63) is 29.6 Å². The molecule has 0 aromatic heterocycles. The molecular weight excluding hydrogens is 261 g/mol. The monoisotopic (exact) mass is 285 g/mol. The Balaban J connectivity index is 2.88. The van der Waals surface area contributed by atoms with Crippen molar-refractivity contribution in [3.63, 3.8) is 0 Å². The summed E-state index contributed by atoms with van der Waals surface area (Å²) in [5.41, 5.74) is 1.00. The molecule has 108 valence electrons. The highest BCUT2D eigenvalue weighted by Gasteiger charge is 2.16. The summed E-state index contributed by atoms with van der Waals surface area (Å²) < 4.78 is 14.0. The van der Waals surface area contributed by atoms with Gasteiger partial charge >= 0.3 is 0 Å². The van der Waals surface area contributed by atoms with Crippen molar-refractivity contribution >= 4 is 11.8 Å². The van der Waals surface area contributed by atoms with Crippen LogP contribution in [0.15, 0.2) is 23.1 Å². The first-order chi connectivity index (χ1) is 9.10. The van der Waals surface area contributed by atoms with E-state index in [0.717, 1.165) is 18.5 Å². The molecule has 0 bridgehead atoms. The molecule has 0 amide bonds. The zero-order chi connectivity index (χ0) is 14.3. The molecular formula is C15H24FNOS. The van der Waals surface area contributed by atoms with Gasteiger partial charge in [0.1, 0.15) is 5.82 Å². The Bertz CT molecular complexity index is 386. The van der Waals surface area contributed by atoms with Crippen molar-refractivity contribution in [3.8, 4) is 0 Å². The summed E-state index contributed by atoms with van der Waals surface area (Å²) in [5.74, 6) is -0.169. The highest BCUT2D eigenvalue weighted by atomic mass is 32.2. The number of hydrogen-bond donors (Lipinski definition) is 2. The van der Waals surface area contributed by atoms with Crippen molar-refractivity contribution in [2.45, 2.75) is 49.8 Å². The van der Waals surface area contributed by atoms with E-state index in [4.69, 9.17) is 5.11 Å². The fourth-order valence-corrected chi connectivity index (χ4v) is 3.09. The van der Waals surface area contributed by atoms with Crippen LogP contribution >= 0.6 is 11.8 Å². The van der Waals surface area contributed by atoms with Crippen LogP contribution in [0.3, 0.4) is 0 Å². The predicted molar refractivity (Wildman–Crippen MR) is 80.1 cm³/mol. The summed E-state index contributed by atoms with van der Waals surface area (Å²) in [6, 6.07) is 5.38. The maximum Gasteiger partial charge on any atom is 0.137 e. The van der Waals surface area contributed by atoms with E-state index in [0.29, 0.717) is 11.3 Å². The Kier molecular flexibility index (Phi) is 7.42. The topological polar surface area (TPSA) is 32.3 Å². The van der Waals surface area contributed by atoms with Gasteiger partial charge in [-0.05, 0) is 37.9 Å². The number of halogens is 1. The van der Waals surface area contributed by atoms with Crippen LogP contribution in [0.4, 0.5) is 4.39 Å². The lowest BCUT2D eigenvalue weighted by atomic mass is 10.1. The number of aliphatic hydroxyl groups is 1. The third kappa shape index (κ3) is 5.13. The minimum Gasteiger partial charge on any atom is -0.396 e. The van der Waals surface area contributed by atoms with E-state index in [9.17, 15) is 4.39 Å². The van der Waals surface area contributed by atoms with Crippen LogP contribution in [-0.2, 0) is 0 Å². The van der Waals surface area contributed by atoms with Gasteiger partial charge in [0.15, 0.2) is 0 Å². The maximum absolute atomic E-state index is 14.0. The van der Waals surface area contributed by atoms with Crippen molar-refractivity contribution in [1.82, 2.24) is 5.32 Å². The van der Waals surface area contributed by atoms with Gasteiger partial charge in [-0.1, -0.05) is 26.0 Å². The summed E-state index contributed by atoms with van der Waals surface area (Å²) in [4.78, 5) is 0.708. The van der Waals surface area contributed by atoms with Crippen LogP contribution in [0.2, 0.25) is 0 Å². The van der Waals surface area contributed by atoms with E-state index in [1.54, 1.807) is 6.07 Å². The third-order valence-electron chi connectivity index (χ3n) is 3.02. The molecule has 1 rings (SSSR count). The van der Waals surface area contributed by atoms with Crippen molar-refractivity contribution < 1.29 is 9.50 Å². The molecule has 1 aromatic carbocycles. The molecule has 2 N–H and O–H groups in total. The number of hydrogen-bond acceptors (Lipinski definition) is 3. The van der Waals surface area contributed by atoms with Gasteiger partial charge in [-0.15, -0.1) is 11.8 Å². The molecule has 0 fully saturated rings. The number of rotatable bonds is 8. The maximum atomic E-state index is 14.0. The van der Waals surface area contributed by atoms with E-state index in [1.165, 1.54) is 17.8 Å². The van der Waals surface area contributed by atoms with Gasteiger partial charge in [-0.25, -0.2) is 4.39 Å². The van der Waals surface area contributed by atoms with Gasteiger partial charge in [0, 0.05) is 22.8 Å². The van der Waals surface area contributed by atoms with E-state index in [2.05, 4.69) is 19.2 Å². The molecule has 19 heavy (non-hydrogen) atoms. The molecule has 0 aliphatic carbocycles. The largest absolute Gasteiger partial charge is 0.396 e. The molecule has 2 nitrogen and oxygen atoms in total. The minimum atomic E-state index is -0.169. The molecule has 0 aliphatic rings. The summed E-state index contributed by atoms with van der Waals surface area (Å²) in [6.07, 6.45) is 1.73. The molecule has 2 atom stereocenters. The average molecular weight is 285 g/mol. The Labute approximate surface area is 119 Å². The molecule has 4 heteroatoms. The Morgan fingerprint density at radius 3 is 2.74 bits per heavy atom. The van der Waals surface area contributed by atoms with Gasteiger partial charge in [0.05, 0.1) is 0 Å². The molecule has 0 radical (unpaired) electrons. The third-order valence-corrected chi connectivity index (χ3v) is 4.32. The van der Waals surface area contributed by atoms with Crippen LogP contribution in [0.25, 0.3) is 0 Å². The second-order valence-electron chi connectivity index (χ2n) is 4.77. The quantitative estimate of drug-likeness (QED) is 0.714. The lowest BCUT2D eigenvalue weighted by Crippen LogP contribution is -2.20. The fourth-order valence-electron chi connectivity index (χ4n) is 1.90. The molecule has 0 aliphatic heterocycles. The summed E-state index contributed by atoms with van der Waals surface area (Å²) >= 11 is 1.51. The average Bonchev–Trinajstić information content (AvgIpc) is 2.38. The Morgan fingerprint density at radius 1 is 1.37 bits per heavy atom. The lowest BCUT2D eigenvalue weighted by Gasteiger charge is -2.20. The van der Waals surface area contributed by atoms with Crippen molar-refractivity contribution in [2.75, 3.05) is 13.2 Å². The molecule has 2 unspecified atom stereocenters.